The zero-order valence-electron chi connectivity index (χ0n) is 14.8. The second kappa shape index (κ2) is 9.18. The van der Waals surface area contributed by atoms with E-state index >= 15 is 0 Å². The lowest BCUT2D eigenvalue weighted by atomic mass is 10.2. The van der Waals surface area contributed by atoms with Gasteiger partial charge >= 0.3 is 0 Å². The fraction of sp³-hybridized carbons (Fsp3) is 0.400. The fourth-order valence-corrected chi connectivity index (χ4v) is 5.50. The number of hydrogen-bond acceptors (Lipinski definition) is 8. The summed E-state index contributed by atoms with van der Waals surface area (Å²) >= 11 is 4.38. The van der Waals surface area contributed by atoms with E-state index < -0.39 is 10.0 Å². The highest BCUT2D eigenvalue weighted by molar-refractivity contribution is 8.03. The van der Waals surface area contributed by atoms with Crippen molar-refractivity contribution >= 4 is 56.5 Å². The summed E-state index contributed by atoms with van der Waals surface area (Å²) in [6, 6.07) is 4.69. The number of nitrogens with zero attached hydrogens (tertiary/aromatic N) is 3. The molecule has 142 valence electrons. The molecule has 11 heteroatoms. The van der Waals surface area contributed by atoms with Gasteiger partial charge in [-0.2, -0.15) is 0 Å². The molecule has 0 spiro atoms. The van der Waals surface area contributed by atoms with Gasteiger partial charge in [0.15, 0.2) is 8.68 Å². The zero-order valence-corrected chi connectivity index (χ0v) is 18.1. The molecule has 1 amide bonds. The standard InChI is InChI=1S/C15H20N4O3S4/c1-5-23-14-17-18-15(25-14)24-9-13(20)16-12-8-11(7-6-10(12)2)26(21,22)19(3)4/h6-8H,5,9H2,1-4H3,(H,16,20). The summed E-state index contributed by atoms with van der Waals surface area (Å²) in [5, 5.41) is 10.9. The van der Waals surface area contributed by atoms with Crippen LogP contribution in [-0.2, 0) is 14.8 Å². The Bertz CT molecular complexity index is 881. The summed E-state index contributed by atoms with van der Waals surface area (Å²) in [6.45, 7) is 3.85. The van der Waals surface area contributed by atoms with Gasteiger partial charge in [0.05, 0.1) is 10.6 Å². The molecule has 1 N–H and O–H groups in total. The van der Waals surface area contributed by atoms with Crippen LogP contribution in [0.3, 0.4) is 0 Å². The molecule has 0 saturated heterocycles. The molecule has 0 aliphatic heterocycles. The number of benzene rings is 1. The van der Waals surface area contributed by atoms with Crippen LogP contribution in [0.2, 0.25) is 0 Å². The van der Waals surface area contributed by atoms with E-state index in [1.807, 2.05) is 13.8 Å². The van der Waals surface area contributed by atoms with Crippen molar-refractivity contribution in [2.24, 2.45) is 0 Å². The van der Waals surface area contributed by atoms with Gasteiger partial charge in [-0.1, -0.05) is 47.9 Å². The SMILES string of the molecule is CCSc1nnc(SCC(=O)Nc2cc(S(=O)(=O)N(C)C)ccc2C)s1. The van der Waals surface area contributed by atoms with E-state index in [-0.39, 0.29) is 16.6 Å². The summed E-state index contributed by atoms with van der Waals surface area (Å²) < 4.78 is 27.2. The molecule has 0 radical (unpaired) electrons. The largest absolute Gasteiger partial charge is 0.325 e. The van der Waals surface area contributed by atoms with Gasteiger partial charge in [0.25, 0.3) is 0 Å². The third-order valence-corrected chi connectivity index (χ3v) is 8.13. The van der Waals surface area contributed by atoms with Crippen molar-refractivity contribution in [1.29, 1.82) is 0 Å². The number of hydrogen-bond donors (Lipinski definition) is 1. The first-order valence-electron chi connectivity index (χ1n) is 7.66. The fourth-order valence-electron chi connectivity index (χ4n) is 1.86. The Hall–Kier alpha value is -1.14. The summed E-state index contributed by atoms with van der Waals surface area (Å²) in [5.41, 5.74) is 1.27. The Balaban J connectivity index is 2.04. The van der Waals surface area contributed by atoms with E-state index in [9.17, 15) is 13.2 Å². The maximum atomic E-state index is 12.2. The first-order chi connectivity index (χ1) is 12.2. The molecule has 0 unspecified atom stereocenters. The molecule has 2 rings (SSSR count). The Kier molecular flexibility index (Phi) is 7.47. The van der Waals surface area contributed by atoms with Crippen molar-refractivity contribution in [2.75, 3.05) is 30.9 Å². The van der Waals surface area contributed by atoms with Crippen LogP contribution in [-0.4, -0.2) is 54.4 Å². The van der Waals surface area contributed by atoms with Crippen LogP contribution in [0.4, 0.5) is 5.69 Å². The minimum atomic E-state index is -3.55. The Labute approximate surface area is 166 Å². The summed E-state index contributed by atoms with van der Waals surface area (Å²) in [5.74, 6) is 0.873. The van der Waals surface area contributed by atoms with Gasteiger partial charge in [-0.05, 0) is 30.4 Å². The number of amides is 1. The second-order valence-electron chi connectivity index (χ2n) is 5.37. The van der Waals surface area contributed by atoms with Crippen molar-refractivity contribution in [1.82, 2.24) is 14.5 Å². The molecule has 1 aromatic carbocycles. The second-order valence-corrected chi connectivity index (χ2v) is 11.2. The lowest BCUT2D eigenvalue weighted by Gasteiger charge is -2.14. The Morgan fingerprint density at radius 1 is 1.23 bits per heavy atom. The molecule has 26 heavy (non-hydrogen) atoms. The topological polar surface area (TPSA) is 92.3 Å². The lowest BCUT2D eigenvalue weighted by molar-refractivity contribution is -0.113. The van der Waals surface area contributed by atoms with Crippen molar-refractivity contribution < 1.29 is 13.2 Å². The number of carbonyl (C=O) groups is 1. The van der Waals surface area contributed by atoms with Crippen molar-refractivity contribution in [2.45, 2.75) is 27.4 Å². The predicted octanol–water partition coefficient (Wildman–Crippen LogP) is 2.94. The normalized spacial score (nSPS) is 11.7. The van der Waals surface area contributed by atoms with Gasteiger partial charge in [-0.15, -0.1) is 10.2 Å². The van der Waals surface area contributed by atoms with Gasteiger partial charge in [-0.3, -0.25) is 4.79 Å². The number of nitrogens with one attached hydrogen (secondary N) is 1. The zero-order chi connectivity index (χ0) is 19.3. The van der Waals surface area contributed by atoms with E-state index in [1.54, 1.807) is 17.8 Å². The highest BCUT2D eigenvalue weighted by Gasteiger charge is 2.19. The van der Waals surface area contributed by atoms with Gasteiger partial charge in [0.1, 0.15) is 0 Å². The number of aromatic nitrogens is 2. The van der Waals surface area contributed by atoms with Crippen molar-refractivity contribution in [3.63, 3.8) is 0 Å². The van der Waals surface area contributed by atoms with E-state index in [4.69, 9.17) is 0 Å². The molecule has 1 aromatic heterocycles. The van der Waals surface area contributed by atoms with Crippen LogP contribution in [0.5, 0.6) is 0 Å². The van der Waals surface area contributed by atoms with E-state index in [1.165, 1.54) is 49.3 Å². The van der Waals surface area contributed by atoms with Gasteiger partial charge < -0.3 is 5.32 Å². The number of sulfonamides is 1. The van der Waals surface area contributed by atoms with E-state index in [0.717, 1.165) is 24.3 Å². The van der Waals surface area contributed by atoms with Crippen LogP contribution in [0.15, 0.2) is 31.8 Å². The number of aryl methyl sites for hydroxylation is 1. The maximum Gasteiger partial charge on any atom is 0.242 e. The van der Waals surface area contributed by atoms with Crippen LogP contribution in [0.25, 0.3) is 0 Å². The summed E-state index contributed by atoms with van der Waals surface area (Å²) in [6.07, 6.45) is 0. The van der Waals surface area contributed by atoms with Crippen LogP contribution >= 0.6 is 34.9 Å². The number of thioether (sulfide) groups is 2. The highest BCUT2D eigenvalue weighted by atomic mass is 32.2. The van der Waals surface area contributed by atoms with Crippen molar-refractivity contribution in [3.05, 3.63) is 23.8 Å². The predicted molar refractivity (Wildman–Crippen MR) is 108 cm³/mol. The number of anilines is 1. The minimum Gasteiger partial charge on any atom is -0.325 e. The van der Waals surface area contributed by atoms with Crippen LogP contribution < -0.4 is 5.32 Å². The summed E-state index contributed by atoms with van der Waals surface area (Å²) in [7, 11) is -0.613. The number of carbonyl (C=O) groups excluding carboxylic acids is 1. The first kappa shape index (κ1) is 21.2. The molecule has 0 fully saturated rings. The van der Waals surface area contributed by atoms with Crippen LogP contribution in [0, 0.1) is 6.92 Å². The molecule has 0 saturated carbocycles. The highest BCUT2D eigenvalue weighted by Crippen LogP contribution is 2.29. The van der Waals surface area contributed by atoms with Crippen LogP contribution in [0.1, 0.15) is 12.5 Å². The minimum absolute atomic E-state index is 0.140. The Morgan fingerprint density at radius 3 is 2.50 bits per heavy atom. The third-order valence-electron chi connectivity index (χ3n) is 3.24. The van der Waals surface area contributed by atoms with E-state index in [2.05, 4.69) is 15.5 Å². The van der Waals surface area contributed by atoms with Gasteiger partial charge in [-0.25, -0.2) is 12.7 Å². The quantitative estimate of drug-likeness (QED) is 0.641. The van der Waals surface area contributed by atoms with Crippen molar-refractivity contribution in [3.8, 4) is 0 Å². The van der Waals surface area contributed by atoms with Gasteiger partial charge in [0.2, 0.25) is 15.9 Å². The molecule has 2 aromatic rings. The molecular weight excluding hydrogens is 412 g/mol. The third kappa shape index (κ3) is 5.43. The number of rotatable bonds is 8. The van der Waals surface area contributed by atoms with E-state index in [0.29, 0.717) is 5.69 Å². The molecule has 7 nitrogen and oxygen atoms in total. The molecular formula is C15H20N4O3S4. The smallest absolute Gasteiger partial charge is 0.242 e. The lowest BCUT2D eigenvalue weighted by Crippen LogP contribution is -2.22. The average Bonchev–Trinajstić information content (AvgIpc) is 3.02. The monoisotopic (exact) mass is 432 g/mol. The molecule has 0 atom stereocenters. The molecule has 1 heterocycles. The van der Waals surface area contributed by atoms with Gasteiger partial charge in [0, 0.05) is 19.8 Å². The maximum absolute atomic E-state index is 12.2. The molecule has 0 bridgehead atoms. The Morgan fingerprint density at radius 2 is 1.88 bits per heavy atom. The first-order valence-corrected chi connectivity index (χ1v) is 11.9. The molecule has 0 aliphatic carbocycles. The summed E-state index contributed by atoms with van der Waals surface area (Å²) in [4.78, 5) is 12.4. The molecule has 0 aliphatic rings. The average molecular weight is 433 g/mol.